The Hall–Kier alpha value is -1.00. The lowest BCUT2D eigenvalue weighted by molar-refractivity contribution is 0.0832. The predicted molar refractivity (Wildman–Crippen MR) is 72.0 cm³/mol. The van der Waals surface area contributed by atoms with E-state index >= 15 is 0 Å². The van der Waals surface area contributed by atoms with E-state index in [9.17, 15) is 16.8 Å². The van der Waals surface area contributed by atoms with Crippen LogP contribution >= 0.6 is 0 Å². The minimum Gasteiger partial charge on any atom is -0.381 e. The normalized spacial score (nSPS) is 18.1. The molecule has 1 aromatic rings. The molecule has 0 aliphatic carbocycles. The van der Waals surface area contributed by atoms with Gasteiger partial charge in [-0.05, 0) is 25.0 Å². The molecule has 112 valence electrons. The third kappa shape index (κ3) is 3.55. The third-order valence-corrected chi connectivity index (χ3v) is 5.67. The van der Waals surface area contributed by atoms with Crippen molar-refractivity contribution in [3.05, 3.63) is 24.3 Å². The van der Waals surface area contributed by atoms with Gasteiger partial charge in [0.25, 0.3) is 0 Å². The minimum absolute atomic E-state index is 0.262. The summed E-state index contributed by atoms with van der Waals surface area (Å²) in [7, 11) is -8.04. The molecule has 1 heterocycles. The van der Waals surface area contributed by atoms with Gasteiger partial charge in [0.1, 0.15) is 9.79 Å². The first-order valence-electron chi connectivity index (χ1n) is 6.02. The molecule has 7 nitrogen and oxygen atoms in total. The maximum atomic E-state index is 12.3. The highest BCUT2D eigenvalue weighted by atomic mass is 32.2. The van der Waals surface area contributed by atoms with E-state index in [0.717, 1.165) is 0 Å². The quantitative estimate of drug-likeness (QED) is 0.796. The molecule has 1 aromatic carbocycles. The van der Waals surface area contributed by atoms with Gasteiger partial charge >= 0.3 is 0 Å². The van der Waals surface area contributed by atoms with Gasteiger partial charge in [0.2, 0.25) is 20.0 Å². The molecule has 0 bridgehead atoms. The van der Waals surface area contributed by atoms with Crippen LogP contribution in [-0.2, 0) is 24.8 Å². The predicted octanol–water partition coefficient (Wildman–Crippen LogP) is -0.209. The third-order valence-electron chi connectivity index (χ3n) is 2.99. The van der Waals surface area contributed by atoms with E-state index in [1.807, 2.05) is 0 Å². The van der Waals surface area contributed by atoms with Gasteiger partial charge in [-0.2, -0.15) is 0 Å². The first kappa shape index (κ1) is 15.4. The molecule has 0 amide bonds. The van der Waals surface area contributed by atoms with Gasteiger partial charge in [-0.3, -0.25) is 0 Å². The van der Waals surface area contributed by atoms with Crippen molar-refractivity contribution in [3.8, 4) is 0 Å². The van der Waals surface area contributed by atoms with Gasteiger partial charge in [0.15, 0.2) is 0 Å². The average Bonchev–Trinajstić information content (AvgIpc) is 2.38. The fraction of sp³-hybridized carbons (Fsp3) is 0.455. The molecule has 1 fully saturated rings. The summed E-state index contributed by atoms with van der Waals surface area (Å²) in [6, 6.07) is 5.01. The van der Waals surface area contributed by atoms with E-state index in [0.29, 0.717) is 26.1 Å². The van der Waals surface area contributed by atoms with E-state index in [2.05, 4.69) is 4.72 Å². The summed E-state index contributed by atoms with van der Waals surface area (Å²) < 4.78 is 55.2. The molecule has 0 atom stereocenters. The van der Waals surface area contributed by atoms with Crippen LogP contribution in [0, 0.1) is 0 Å². The minimum atomic E-state index is -4.10. The number of nitrogens with two attached hydrogens (primary N) is 1. The summed E-state index contributed by atoms with van der Waals surface area (Å²) in [6.07, 6.45) is 1.10. The van der Waals surface area contributed by atoms with Crippen LogP contribution in [0.5, 0.6) is 0 Å². The van der Waals surface area contributed by atoms with Gasteiger partial charge in [-0.25, -0.2) is 26.7 Å². The fourth-order valence-electron chi connectivity index (χ4n) is 2.01. The highest BCUT2D eigenvalue weighted by Crippen LogP contribution is 2.20. The van der Waals surface area contributed by atoms with Crippen molar-refractivity contribution in [1.82, 2.24) is 4.72 Å². The van der Waals surface area contributed by atoms with Crippen molar-refractivity contribution in [3.63, 3.8) is 0 Å². The molecule has 0 unspecified atom stereocenters. The molecule has 2 rings (SSSR count). The number of hydrogen-bond donors (Lipinski definition) is 2. The van der Waals surface area contributed by atoms with Gasteiger partial charge in [-0.1, -0.05) is 12.1 Å². The van der Waals surface area contributed by atoms with Crippen LogP contribution in [0.4, 0.5) is 0 Å². The number of ether oxygens (including phenoxy) is 1. The lowest BCUT2D eigenvalue weighted by Gasteiger charge is -2.23. The SMILES string of the molecule is NS(=O)(=O)c1ccccc1S(=O)(=O)NC1CCOCC1. The Kier molecular flexibility index (Phi) is 4.45. The summed E-state index contributed by atoms with van der Waals surface area (Å²) in [6.45, 7) is 0.952. The Labute approximate surface area is 118 Å². The zero-order valence-electron chi connectivity index (χ0n) is 10.7. The van der Waals surface area contributed by atoms with Gasteiger partial charge < -0.3 is 4.74 Å². The Morgan fingerprint density at radius 2 is 1.60 bits per heavy atom. The van der Waals surface area contributed by atoms with Crippen LogP contribution in [0.1, 0.15) is 12.8 Å². The monoisotopic (exact) mass is 320 g/mol. The molecular weight excluding hydrogens is 304 g/mol. The molecular formula is C11H16N2O5S2. The summed E-state index contributed by atoms with van der Waals surface area (Å²) in [5.74, 6) is 0. The second-order valence-electron chi connectivity index (χ2n) is 4.50. The number of hydrogen-bond acceptors (Lipinski definition) is 5. The highest BCUT2D eigenvalue weighted by Gasteiger charge is 2.27. The van der Waals surface area contributed by atoms with Crippen molar-refractivity contribution in [2.75, 3.05) is 13.2 Å². The lowest BCUT2D eigenvalue weighted by atomic mass is 10.1. The maximum absolute atomic E-state index is 12.3. The first-order valence-corrected chi connectivity index (χ1v) is 9.05. The number of sulfonamides is 2. The molecule has 0 aromatic heterocycles. The molecule has 20 heavy (non-hydrogen) atoms. The lowest BCUT2D eigenvalue weighted by Crippen LogP contribution is -2.39. The number of primary sulfonamides is 1. The fourth-order valence-corrected chi connectivity index (χ4v) is 4.69. The average molecular weight is 320 g/mol. The van der Waals surface area contributed by atoms with Crippen molar-refractivity contribution in [2.45, 2.75) is 28.7 Å². The van der Waals surface area contributed by atoms with Crippen LogP contribution in [-0.4, -0.2) is 36.1 Å². The van der Waals surface area contributed by atoms with Crippen molar-refractivity contribution in [2.24, 2.45) is 5.14 Å². The molecule has 3 N–H and O–H groups in total. The Bertz CT molecular complexity index is 679. The topological polar surface area (TPSA) is 116 Å². The van der Waals surface area contributed by atoms with Crippen LogP contribution in [0.2, 0.25) is 0 Å². The van der Waals surface area contributed by atoms with E-state index in [1.54, 1.807) is 0 Å². The van der Waals surface area contributed by atoms with Gasteiger partial charge in [0, 0.05) is 19.3 Å². The second kappa shape index (κ2) is 5.78. The zero-order valence-corrected chi connectivity index (χ0v) is 12.3. The smallest absolute Gasteiger partial charge is 0.242 e. The second-order valence-corrected chi connectivity index (χ2v) is 7.71. The Morgan fingerprint density at radius 1 is 1.05 bits per heavy atom. The summed E-state index contributed by atoms with van der Waals surface area (Å²) in [5, 5.41) is 5.05. The highest BCUT2D eigenvalue weighted by molar-refractivity contribution is 7.92. The largest absolute Gasteiger partial charge is 0.381 e. The Balaban J connectivity index is 2.34. The number of rotatable bonds is 4. The summed E-state index contributed by atoms with van der Waals surface area (Å²) in [5.41, 5.74) is 0. The van der Waals surface area contributed by atoms with Crippen molar-refractivity contribution >= 4 is 20.0 Å². The first-order chi connectivity index (χ1) is 9.31. The van der Waals surface area contributed by atoms with Gasteiger partial charge in [0.05, 0.1) is 0 Å². The molecule has 1 aliphatic rings. The van der Waals surface area contributed by atoms with Crippen molar-refractivity contribution < 1.29 is 21.6 Å². The number of benzene rings is 1. The van der Waals surface area contributed by atoms with Gasteiger partial charge in [-0.15, -0.1) is 0 Å². The molecule has 0 spiro atoms. The number of nitrogens with one attached hydrogen (secondary N) is 1. The summed E-state index contributed by atoms with van der Waals surface area (Å²) >= 11 is 0. The van der Waals surface area contributed by atoms with E-state index in [-0.39, 0.29) is 10.9 Å². The van der Waals surface area contributed by atoms with E-state index in [4.69, 9.17) is 9.88 Å². The molecule has 1 aliphatic heterocycles. The van der Waals surface area contributed by atoms with Crippen LogP contribution in [0.25, 0.3) is 0 Å². The van der Waals surface area contributed by atoms with Crippen molar-refractivity contribution in [1.29, 1.82) is 0 Å². The summed E-state index contributed by atoms with van der Waals surface area (Å²) in [4.78, 5) is -0.728. The van der Waals surface area contributed by atoms with Crippen LogP contribution in [0.3, 0.4) is 0 Å². The molecule has 1 saturated heterocycles. The van der Waals surface area contributed by atoms with E-state index < -0.39 is 24.9 Å². The van der Waals surface area contributed by atoms with Crippen LogP contribution in [0.15, 0.2) is 34.1 Å². The molecule has 9 heteroatoms. The Morgan fingerprint density at radius 3 is 2.15 bits per heavy atom. The van der Waals surface area contributed by atoms with Crippen LogP contribution < -0.4 is 9.86 Å². The van der Waals surface area contributed by atoms with E-state index in [1.165, 1.54) is 24.3 Å². The zero-order chi connectivity index (χ0) is 14.8. The standard InChI is InChI=1S/C11H16N2O5S2/c12-19(14,15)10-3-1-2-4-11(10)20(16,17)13-9-5-7-18-8-6-9/h1-4,9,13H,5-8H2,(H2,12,14,15). The molecule has 0 saturated carbocycles. The maximum Gasteiger partial charge on any atom is 0.242 e. The molecule has 0 radical (unpaired) electrons.